The van der Waals surface area contributed by atoms with Crippen LogP contribution in [0.4, 0.5) is 0 Å². The molecule has 0 aliphatic carbocycles. The molecule has 0 amide bonds. The molecule has 1 spiro atoms. The largest absolute Gasteiger partial charge is 0.376 e. The minimum absolute atomic E-state index is 0.340. The summed E-state index contributed by atoms with van der Waals surface area (Å²) >= 11 is 0. The van der Waals surface area contributed by atoms with Crippen molar-refractivity contribution in [3.8, 4) is 0 Å². The number of nitrogens with two attached hydrogens (primary N) is 1. The van der Waals surface area contributed by atoms with E-state index in [-0.39, 0.29) is 0 Å². The summed E-state index contributed by atoms with van der Waals surface area (Å²) < 4.78 is 5.77. The van der Waals surface area contributed by atoms with Crippen LogP contribution in [0.5, 0.6) is 0 Å². The minimum atomic E-state index is 0.340. The highest BCUT2D eigenvalue weighted by Gasteiger charge is 2.50. The molecule has 0 aromatic carbocycles. The molecule has 3 nitrogen and oxygen atoms in total. The first-order valence-electron chi connectivity index (χ1n) is 5.90. The SMILES string of the molecule is NCC1OCCC12CC1CCC(C2)N1. The second-order valence-electron chi connectivity index (χ2n) is 5.25. The Morgan fingerprint density at radius 3 is 2.64 bits per heavy atom. The van der Waals surface area contributed by atoms with Gasteiger partial charge in [-0.2, -0.15) is 0 Å². The number of hydrogen-bond acceptors (Lipinski definition) is 3. The molecule has 0 radical (unpaired) electrons. The Hall–Kier alpha value is -0.120. The Morgan fingerprint density at radius 1 is 1.29 bits per heavy atom. The van der Waals surface area contributed by atoms with Crippen LogP contribution in [-0.2, 0) is 4.74 Å². The van der Waals surface area contributed by atoms with E-state index >= 15 is 0 Å². The number of piperidine rings is 1. The summed E-state index contributed by atoms with van der Waals surface area (Å²) in [7, 11) is 0. The van der Waals surface area contributed by atoms with Crippen LogP contribution in [0.25, 0.3) is 0 Å². The predicted molar refractivity (Wildman–Crippen MR) is 55.0 cm³/mol. The van der Waals surface area contributed by atoms with E-state index in [1.807, 2.05) is 0 Å². The number of rotatable bonds is 1. The Morgan fingerprint density at radius 2 is 2.00 bits per heavy atom. The number of ether oxygens (including phenoxy) is 1. The molecule has 3 atom stereocenters. The fourth-order valence-electron chi connectivity index (χ4n) is 3.82. The van der Waals surface area contributed by atoms with Gasteiger partial charge in [0.1, 0.15) is 0 Å². The lowest BCUT2D eigenvalue weighted by molar-refractivity contribution is 0.0273. The zero-order valence-electron chi connectivity index (χ0n) is 8.67. The number of hydrogen-bond donors (Lipinski definition) is 2. The van der Waals surface area contributed by atoms with Gasteiger partial charge in [-0.3, -0.25) is 0 Å². The molecule has 0 aromatic heterocycles. The second kappa shape index (κ2) is 3.19. The maximum absolute atomic E-state index is 5.81. The maximum Gasteiger partial charge on any atom is 0.0755 e. The van der Waals surface area contributed by atoms with Crippen LogP contribution in [0.3, 0.4) is 0 Å². The van der Waals surface area contributed by atoms with E-state index in [0.717, 1.165) is 18.7 Å². The summed E-state index contributed by atoms with van der Waals surface area (Å²) in [5.41, 5.74) is 6.24. The summed E-state index contributed by atoms with van der Waals surface area (Å²) in [6.45, 7) is 1.64. The molecule has 3 aliphatic heterocycles. The van der Waals surface area contributed by atoms with Gasteiger partial charge in [-0.1, -0.05) is 0 Å². The van der Waals surface area contributed by atoms with Crippen molar-refractivity contribution in [2.75, 3.05) is 13.2 Å². The van der Waals surface area contributed by atoms with E-state index in [1.165, 1.54) is 32.1 Å². The normalized spacial score (nSPS) is 51.6. The molecular formula is C11H20N2O. The molecule has 80 valence electrons. The highest BCUT2D eigenvalue weighted by molar-refractivity contribution is 5.04. The van der Waals surface area contributed by atoms with Crippen LogP contribution < -0.4 is 11.1 Å². The van der Waals surface area contributed by atoms with Gasteiger partial charge >= 0.3 is 0 Å². The zero-order valence-corrected chi connectivity index (χ0v) is 8.67. The molecule has 3 N–H and O–H groups in total. The molecule has 0 saturated carbocycles. The Kier molecular flexibility index (Phi) is 2.08. The highest BCUT2D eigenvalue weighted by atomic mass is 16.5. The van der Waals surface area contributed by atoms with Gasteiger partial charge in [0.05, 0.1) is 6.10 Å². The second-order valence-corrected chi connectivity index (χ2v) is 5.25. The predicted octanol–water partition coefficient (Wildman–Crippen LogP) is 0.635. The number of nitrogens with one attached hydrogen (secondary N) is 1. The first kappa shape index (κ1) is 9.13. The lowest BCUT2D eigenvalue weighted by Gasteiger charge is -2.41. The maximum atomic E-state index is 5.81. The lowest BCUT2D eigenvalue weighted by Crippen LogP contribution is -2.49. The van der Waals surface area contributed by atoms with Crippen molar-refractivity contribution in [2.24, 2.45) is 11.1 Å². The molecule has 2 bridgehead atoms. The van der Waals surface area contributed by atoms with Crippen molar-refractivity contribution >= 4 is 0 Å². The fourth-order valence-corrected chi connectivity index (χ4v) is 3.82. The van der Waals surface area contributed by atoms with E-state index in [0.29, 0.717) is 18.1 Å². The van der Waals surface area contributed by atoms with E-state index < -0.39 is 0 Å². The summed E-state index contributed by atoms with van der Waals surface area (Å²) in [6, 6.07) is 1.51. The number of fused-ring (bicyclic) bond motifs is 2. The Bertz CT molecular complexity index is 219. The van der Waals surface area contributed by atoms with Crippen LogP contribution in [-0.4, -0.2) is 31.3 Å². The van der Waals surface area contributed by atoms with Crippen molar-refractivity contribution in [1.29, 1.82) is 0 Å². The monoisotopic (exact) mass is 196 g/mol. The third kappa shape index (κ3) is 1.23. The molecule has 3 unspecified atom stereocenters. The van der Waals surface area contributed by atoms with Crippen LogP contribution in [0.1, 0.15) is 32.1 Å². The molecule has 3 fully saturated rings. The van der Waals surface area contributed by atoms with Crippen LogP contribution in [0.2, 0.25) is 0 Å². The molecule has 0 aromatic rings. The topological polar surface area (TPSA) is 47.3 Å². The molecule has 3 rings (SSSR count). The average molecular weight is 196 g/mol. The van der Waals surface area contributed by atoms with Crippen molar-refractivity contribution in [1.82, 2.24) is 5.32 Å². The summed E-state index contributed by atoms with van der Waals surface area (Å²) in [5, 5.41) is 3.69. The lowest BCUT2D eigenvalue weighted by atomic mass is 9.71. The first-order valence-corrected chi connectivity index (χ1v) is 5.90. The van der Waals surface area contributed by atoms with Gasteiger partial charge in [0, 0.05) is 30.7 Å². The van der Waals surface area contributed by atoms with E-state index in [2.05, 4.69) is 5.32 Å². The average Bonchev–Trinajstić information content (AvgIpc) is 2.71. The standard InChI is InChI=1S/C11H20N2O/c12-7-10-11(3-4-14-10)5-8-1-2-9(6-11)13-8/h8-10,13H,1-7,12H2. The Labute approximate surface area is 85.4 Å². The summed E-state index contributed by atoms with van der Waals surface area (Å²) in [4.78, 5) is 0. The van der Waals surface area contributed by atoms with Crippen molar-refractivity contribution in [3.63, 3.8) is 0 Å². The van der Waals surface area contributed by atoms with Gasteiger partial charge in [-0.25, -0.2) is 0 Å². The van der Waals surface area contributed by atoms with Gasteiger partial charge in [0.25, 0.3) is 0 Å². The molecule has 3 heterocycles. The van der Waals surface area contributed by atoms with E-state index in [9.17, 15) is 0 Å². The zero-order chi connectivity index (χ0) is 9.60. The van der Waals surface area contributed by atoms with Crippen LogP contribution in [0, 0.1) is 5.41 Å². The van der Waals surface area contributed by atoms with Gasteiger partial charge in [-0.05, 0) is 32.1 Å². The van der Waals surface area contributed by atoms with Crippen molar-refractivity contribution in [3.05, 3.63) is 0 Å². The first-order chi connectivity index (χ1) is 6.82. The quantitative estimate of drug-likeness (QED) is 0.647. The van der Waals surface area contributed by atoms with Crippen molar-refractivity contribution in [2.45, 2.75) is 50.3 Å². The molecule has 14 heavy (non-hydrogen) atoms. The molecular weight excluding hydrogens is 176 g/mol. The third-order valence-electron chi connectivity index (χ3n) is 4.46. The van der Waals surface area contributed by atoms with Crippen LogP contribution in [0.15, 0.2) is 0 Å². The van der Waals surface area contributed by atoms with E-state index in [1.54, 1.807) is 0 Å². The minimum Gasteiger partial charge on any atom is -0.376 e. The van der Waals surface area contributed by atoms with Crippen LogP contribution >= 0.6 is 0 Å². The molecule has 3 heteroatoms. The third-order valence-corrected chi connectivity index (χ3v) is 4.46. The summed E-state index contributed by atoms with van der Waals surface area (Å²) in [6.07, 6.45) is 6.90. The molecule has 3 saturated heterocycles. The van der Waals surface area contributed by atoms with Crippen molar-refractivity contribution < 1.29 is 4.74 Å². The molecule has 3 aliphatic rings. The van der Waals surface area contributed by atoms with Gasteiger partial charge in [-0.15, -0.1) is 0 Å². The highest BCUT2D eigenvalue weighted by Crippen LogP contribution is 2.48. The van der Waals surface area contributed by atoms with Gasteiger partial charge in [0.15, 0.2) is 0 Å². The van der Waals surface area contributed by atoms with Gasteiger partial charge in [0.2, 0.25) is 0 Å². The fraction of sp³-hybridized carbons (Fsp3) is 1.00. The summed E-state index contributed by atoms with van der Waals surface area (Å²) in [5.74, 6) is 0. The van der Waals surface area contributed by atoms with E-state index in [4.69, 9.17) is 10.5 Å². The smallest absolute Gasteiger partial charge is 0.0755 e. The Balaban J connectivity index is 1.82. The van der Waals surface area contributed by atoms with Gasteiger partial charge < -0.3 is 15.8 Å².